The molecule has 2 N–H and O–H groups in total. The molecule has 1 aliphatic rings. The predicted molar refractivity (Wildman–Crippen MR) is 83.7 cm³/mol. The second-order valence-electron chi connectivity index (χ2n) is 5.84. The highest BCUT2D eigenvalue weighted by Crippen LogP contribution is 2.17. The average molecular weight is 311 g/mol. The summed E-state index contributed by atoms with van der Waals surface area (Å²) in [6.07, 6.45) is 4.94. The van der Waals surface area contributed by atoms with Crippen LogP contribution in [0.5, 0.6) is 0 Å². The topological polar surface area (TPSA) is 66.9 Å². The summed E-state index contributed by atoms with van der Waals surface area (Å²) in [4.78, 5) is 20.6. The fourth-order valence-corrected chi connectivity index (χ4v) is 2.64. The minimum Gasteiger partial charge on any atom is -0.351 e. The van der Waals surface area contributed by atoms with Gasteiger partial charge < -0.3 is 10.6 Å². The first-order valence-electron chi connectivity index (χ1n) is 7.59. The zero-order valence-electron chi connectivity index (χ0n) is 12.7. The SMILES string of the molecule is CC(C)c1ncc(Cl)c(C(=O)NCCC2CCCNC2)n1. The Morgan fingerprint density at radius 2 is 2.38 bits per heavy atom. The van der Waals surface area contributed by atoms with Crippen LogP contribution >= 0.6 is 11.6 Å². The van der Waals surface area contributed by atoms with E-state index in [1.165, 1.54) is 19.0 Å². The molecule has 1 aliphatic heterocycles. The number of carbonyl (C=O) groups is 1. The molecular formula is C15H23ClN4O. The molecule has 1 aromatic heterocycles. The molecule has 0 radical (unpaired) electrons. The van der Waals surface area contributed by atoms with Crippen LogP contribution < -0.4 is 10.6 Å². The third kappa shape index (κ3) is 4.64. The normalized spacial score (nSPS) is 18.8. The lowest BCUT2D eigenvalue weighted by atomic mass is 9.96. The highest BCUT2D eigenvalue weighted by Gasteiger charge is 2.17. The van der Waals surface area contributed by atoms with Crippen LogP contribution in [0, 0.1) is 5.92 Å². The van der Waals surface area contributed by atoms with Gasteiger partial charge in [-0.25, -0.2) is 9.97 Å². The van der Waals surface area contributed by atoms with Crippen molar-refractivity contribution in [1.82, 2.24) is 20.6 Å². The fourth-order valence-electron chi connectivity index (χ4n) is 2.46. The van der Waals surface area contributed by atoms with Crippen molar-refractivity contribution in [1.29, 1.82) is 0 Å². The van der Waals surface area contributed by atoms with Gasteiger partial charge in [-0.3, -0.25) is 4.79 Å². The zero-order valence-corrected chi connectivity index (χ0v) is 13.4. The predicted octanol–water partition coefficient (Wildman–Crippen LogP) is 2.37. The van der Waals surface area contributed by atoms with Crippen molar-refractivity contribution in [2.24, 2.45) is 5.92 Å². The summed E-state index contributed by atoms with van der Waals surface area (Å²) in [6, 6.07) is 0. The molecule has 1 saturated heterocycles. The van der Waals surface area contributed by atoms with Crippen LogP contribution in [0.2, 0.25) is 5.02 Å². The molecule has 2 rings (SSSR count). The molecule has 5 nitrogen and oxygen atoms in total. The Kier molecular flexibility index (Phi) is 5.94. The fraction of sp³-hybridized carbons (Fsp3) is 0.667. The van der Waals surface area contributed by atoms with Crippen molar-refractivity contribution in [3.8, 4) is 0 Å². The Labute approximate surface area is 130 Å². The van der Waals surface area contributed by atoms with E-state index in [1.54, 1.807) is 0 Å². The molecule has 1 aromatic rings. The van der Waals surface area contributed by atoms with E-state index in [0.29, 0.717) is 23.3 Å². The third-order valence-corrected chi connectivity index (χ3v) is 4.01. The summed E-state index contributed by atoms with van der Waals surface area (Å²) in [5.41, 5.74) is 0.275. The minimum atomic E-state index is -0.215. The number of rotatable bonds is 5. The standard InChI is InChI=1S/C15H23ClN4O/c1-10(2)14-19-9-12(16)13(20-14)15(21)18-7-5-11-4-3-6-17-8-11/h9-11,17H,3-8H2,1-2H3,(H,18,21). The maximum atomic E-state index is 12.2. The van der Waals surface area contributed by atoms with Crippen molar-refractivity contribution < 1.29 is 4.79 Å². The molecule has 1 atom stereocenters. The Balaban J connectivity index is 1.89. The number of carbonyl (C=O) groups excluding carboxylic acids is 1. The number of hydrogen-bond acceptors (Lipinski definition) is 4. The van der Waals surface area contributed by atoms with Gasteiger partial charge in [0.25, 0.3) is 5.91 Å². The number of nitrogens with zero attached hydrogens (tertiary/aromatic N) is 2. The van der Waals surface area contributed by atoms with Gasteiger partial charge in [0.1, 0.15) is 11.5 Å². The van der Waals surface area contributed by atoms with Gasteiger partial charge in [-0.2, -0.15) is 0 Å². The van der Waals surface area contributed by atoms with E-state index < -0.39 is 0 Å². The Bertz CT molecular complexity index is 487. The van der Waals surface area contributed by atoms with Crippen LogP contribution in [0.3, 0.4) is 0 Å². The molecule has 0 spiro atoms. The summed E-state index contributed by atoms with van der Waals surface area (Å²) in [5.74, 6) is 1.24. The lowest BCUT2D eigenvalue weighted by Gasteiger charge is -2.22. The van der Waals surface area contributed by atoms with E-state index in [-0.39, 0.29) is 17.5 Å². The number of piperidine rings is 1. The van der Waals surface area contributed by atoms with Crippen LogP contribution in [-0.2, 0) is 0 Å². The van der Waals surface area contributed by atoms with Crippen LogP contribution in [0.4, 0.5) is 0 Å². The van der Waals surface area contributed by atoms with Gasteiger partial charge in [-0.05, 0) is 38.3 Å². The number of aromatic nitrogens is 2. The molecule has 1 amide bonds. The van der Waals surface area contributed by atoms with Crippen molar-refractivity contribution in [2.45, 2.75) is 39.0 Å². The Hall–Kier alpha value is -1.20. The molecule has 0 bridgehead atoms. The smallest absolute Gasteiger partial charge is 0.271 e. The van der Waals surface area contributed by atoms with Gasteiger partial charge in [0.2, 0.25) is 0 Å². The second kappa shape index (κ2) is 7.71. The van der Waals surface area contributed by atoms with Gasteiger partial charge in [0.05, 0.1) is 11.2 Å². The minimum absolute atomic E-state index is 0.169. The zero-order chi connectivity index (χ0) is 15.2. The maximum absolute atomic E-state index is 12.2. The van der Waals surface area contributed by atoms with Gasteiger partial charge >= 0.3 is 0 Å². The molecule has 0 saturated carbocycles. The monoisotopic (exact) mass is 310 g/mol. The number of nitrogens with one attached hydrogen (secondary N) is 2. The highest BCUT2D eigenvalue weighted by molar-refractivity contribution is 6.33. The Morgan fingerprint density at radius 3 is 3.05 bits per heavy atom. The van der Waals surface area contributed by atoms with Gasteiger partial charge in [-0.15, -0.1) is 0 Å². The summed E-state index contributed by atoms with van der Waals surface area (Å²) >= 11 is 6.03. The number of hydrogen-bond donors (Lipinski definition) is 2. The first kappa shape index (κ1) is 16.2. The summed E-state index contributed by atoms with van der Waals surface area (Å²) in [7, 11) is 0. The first-order chi connectivity index (χ1) is 10.1. The summed E-state index contributed by atoms with van der Waals surface area (Å²) < 4.78 is 0. The van der Waals surface area contributed by atoms with E-state index in [0.717, 1.165) is 19.5 Å². The molecule has 116 valence electrons. The summed E-state index contributed by atoms with van der Waals surface area (Å²) in [5, 5.41) is 6.59. The average Bonchev–Trinajstić information content (AvgIpc) is 2.48. The molecule has 0 aliphatic carbocycles. The maximum Gasteiger partial charge on any atom is 0.271 e. The van der Waals surface area contributed by atoms with Crippen molar-refractivity contribution in [2.75, 3.05) is 19.6 Å². The van der Waals surface area contributed by atoms with Gasteiger partial charge in [0, 0.05) is 12.5 Å². The molecule has 1 unspecified atom stereocenters. The molecule has 0 aromatic carbocycles. The number of halogens is 1. The number of amides is 1. The van der Waals surface area contributed by atoms with E-state index in [9.17, 15) is 4.79 Å². The van der Waals surface area contributed by atoms with Gasteiger partial charge in [-0.1, -0.05) is 25.4 Å². The largest absolute Gasteiger partial charge is 0.351 e. The summed E-state index contributed by atoms with van der Waals surface area (Å²) in [6.45, 7) is 6.78. The van der Waals surface area contributed by atoms with Crippen molar-refractivity contribution >= 4 is 17.5 Å². The van der Waals surface area contributed by atoms with E-state index in [1.807, 2.05) is 13.8 Å². The lowest BCUT2D eigenvalue weighted by molar-refractivity contribution is 0.0945. The molecular weight excluding hydrogens is 288 g/mol. The molecule has 21 heavy (non-hydrogen) atoms. The van der Waals surface area contributed by atoms with Crippen molar-refractivity contribution in [3.63, 3.8) is 0 Å². The molecule has 1 fully saturated rings. The van der Waals surface area contributed by atoms with Crippen LogP contribution in [0.1, 0.15) is 55.3 Å². The van der Waals surface area contributed by atoms with E-state index in [2.05, 4.69) is 20.6 Å². The van der Waals surface area contributed by atoms with Gasteiger partial charge in [0.15, 0.2) is 0 Å². The second-order valence-corrected chi connectivity index (χ2v) is 6.24. The lowest BCUT2D eigenvalue weighted by Crippen LogP contribution is -2.33. The first-order valence-corrected chi connectivity index (χ1v) is 7.97. The van der Waals surface area contributed by atoms with E-state index >= 15 is 0 Å². The van der Waals surface area contributed by atoms with E-state index in [4.69, 9.17) is 11.6 Å². The Morgan fingerprint density at radius 1 is 1.57 bits per heavy atom. The van der Waals surface area contributed by atoms with Crippen LogP contribution in [0.25, 0.3) is 0 Å². The highest BCUT2D eigenvalue weighted by atomic mass is 35.5. The van der Waals surface area contributed by atoms with Crippen molar-refractivity contribution in [3.05, 3.63) is 22.7 Å². The molecule has 6 heteroatoms. The quantitative estimate of drug-likeness (QED) is 0.876. The van der Waals surface area contributed by atoms with Crippen LogP contribution in [0.15, 0.2) is 6.20 Å². The van der Waals surface area contributed by atoms with Crippen LogP contribution in [-0.4, -0.2) is 35.5 Å². The third-order valence-electron chi connectivity index (χ3n) is 3.73. The molecule has 2 heterocycles.